The van der Waals surface area contributed by atoms with Gasteiger partial charge >= 0.3 is 0 Å². The molecule has 6 nitrogen and oxygen atoms in total. The second-order valence-corrected chi connectivity index (χ2v) is 8.35. The molecule has 146 valence electrons. The van der Waals surface area contributed by atoms with Crippen LogP contribution in [0.4, 0.5) is 4.39 Å². The predicted octanol–water partition coefficient (Wildman–Crippen LogP) is 2.76. The summed E-state index contributed by atoms with van der Waals surface area (Å²) >= 11 is 5.96. The van der Waals surface area contributed by atoms with Gasteiger partial charge in [0.05, 0.1) is 0 Å². The molecule has 9 heteroatoms. The Morgan fingerprint density at radius 1 is 1.19 bits per heavy atom. The highest BCUT2D eigenvalue weighted by atomic mass is 35.5. The molecular weight excluding hydrogens is 395 g/mol. The van der Waals surface area contributed by atoms with Crippen LogP contribution in [0.5, 0.6) is 11.5 Å². The van der Waals surface area contributed by atoms with E-state index in [1.165, 1.54) is 25.2 Å². The van der Waals surface area contributed by atoms with Crippen LogP contribution in [0.15, 0.2) is 36.4 Å². The normalized spacial score (nSPS) is 13.8. The molecule has 3 rings (SSSR count). The van der Waals surface area contributed by atoms with Crippen molar-refractivity contribution in [3.63, 3.8) is 0 Å². The maximum absolute atomic E-state index is 13.9. The molecule has 0 bridgehead atoms. The van der Waals surface area contributed by atoms with Crippen LogP contribution in [0.3, 0.4) is 0 Å². The van der Waals surface area contributed by atoms with Gasteiger partial charge in [0.1, 0.15) is 19.0 Å². The number of nitrogens with zero attached hydrogens (tertiary/aromatic N) is 1. The summed E-state index contributed by atoms with van der Waals surface area (Å²) in [6, 6.07) is 9.76. The summed E-state index contributed by atoms with van der Waals surface area (Å²) in [7, 11) is -2.41. The van der Waals surface area contributed by atoms with Crippen LogP contribution in [0.25, 0.3) is 0 Å². The van der Waals surface area contributed by atoms with Crippen molar-refractivity contribution in [1.29, 1.82) is 0 Å². The standard InChI is InChI=1S/C18H20ClFN2O4S/c1-22(12-14-15(19)3-2-4-16(14)20)27(23,24)21-8-7-13-5-6-17-18(11-13)26-10-9-25-17/h2-6,11,21H,7-10,12H2,1H3. The smallest absolute Gasteiger partial charge is 0.279 e. The number of nitrogens with one attached hydrogen (secondary N) is 1. The largest absolute Gasteiger partial charge is 0.486 e. The molecule has 2 aromatic rings. The number of halogens is 2. The lowest BCUT2D eigenvalue weighted by molar-refractivity contribution is 0.171. The van der Waals surface area contributed by atoms with Crippen molar-refractivity contribution in [3.8, 4) is 11.5 Å². The lowest BCUT2D eigenvalue weighted by Gasteiger charge is -2.20. The van der Waals surface area contributed by atoms with Gasteiger partial charge < -0.3 is 9.47 Å². The minimum Gasteiger partial charge on any atom is -0.486 e. The molecule has 0 saturated carbocycles. The van der Waals surface area contributed by atoms with E-state index < -0.39 is 16.0 Å². The molecule has 27 heavy (non-hydrogen) atoms. The quantitative estimate of drug-likeness (QED) is 0.756. The number of fused-ring (bicyclic) bond motifs is 1. The maximum Gasteiger partial charge on any atom is 0.279 e. The summed E-state index contributed by atoms with van der Waals surface area (Å²) in [6.07, 6.45) is 0.476. The third-order valence-electron chi connectivity index (χ3n) is 4.16. The third-order valence-corrected chi connectivity index (χ3v) is 6.03. The molecule has 0 atom stereocenters. The second kappa shape index (κ2) is 8.43. The van der Waals surface area contributed by atoms with Gasteiger partial charge in [-0.2, -0.15) is 12.7 Å². The molecule has 0 fully saturated rings. The lowest BCUT2D eigenvalue weighted by Crippen LogP contribution is -2.38. The van der Waals surface area contributed by atoms with Crippen LogP contribution in [0.2, 0.25) is 5.02 Å². The topological polar surface area (TPSA) is 67.9 Å². The Morgan fingerprint density at radius 2 is 1.93 bits per heavy atom. The first kappa shape index (κ1) is 19.9. The summed E-state index contributed by atoms with van der Waals surface area (Å²) in [5.74, 6) is 0.806. The van der Waals surface area contributed by atoms with Gasteiger partial charge in [-0.1, -0.05) is 23.7 Å². The number of benzene rings is 2. The predicted molar refractivity (Wildman–Crippen MR) is 101 cm³/mol. The zero-order chi connectivity index (χ0) is 19.4. The summed E-state index contributed by atoms with van der Waals surface area (Å²) in [5.41, 5.74) is 1.06. The van der Waals surface area contributed by atoms with Gasteiger partial charge in [0.15, 0.2) is 11.5 Å². The molecule has 0 radical (unpaired) electrons. The Bertz CT molecular complexity index is 903. The minimum atomic E-state index is -3.78. The van der Waals surface area contributed by atoms with E-state index in [2.05, 4.69) is 4.72 Å². The monoisotopic (exact) mass is 414 g/mol. The first-order valence-corrected chi connectivity index (χ1v) is 10.2. The summed E-state index contributed by atoms with van der Waals surface area (Å²) in [5, 5.41) is 0.188. The number of ether oxygens (including phenoxy) is 2. The van der Waals surface area contributed by atoms with Crippen LogP contribution in [0.1, 0.15) is 11.1 Å². The molecule has 1 heterocycles. The third kappa shape index (κ3) is 4.90. The van der Waals surface area contributed by atoms with Gasteiger partial charge in [-0.15, -0.1) is 0 Å². The summed E-state index contributed by atoms with van der Waals surface area (Å²) in [4.78, 5) is 0. The number of hydrogen-bond donors (Lipinski definition) is 1. The lowest BCUT2D eigenvalue weighted by atomic mass is 10.1. The minimum absolute atomic E-state index is 0.138. The Morgan fingerprint density at radius 3 is 2.67 bits per heavy atom. The molecule has 1 aliphatic heterocycles. The molecule has 1 N–H and O–H groups in total. The van der Waals surface area contributed by atoms with E-state index >= 15 is 0 Å². The zero-order valence-electron chi connectivity index (χ0n) is 14.7. The van der Waals surface area contributed by atoms with Crippen LogP contribution >= 0.6 is 11.6 Å². The zero-order valence-corrected chi connectivity index (χ0v) is 16.3. The average molecular weight is 415 g/mol. The SMILES string of the molecule is CN(Cc1c(F)cccc1Cl)S(=O)(=O)NCCc1ccc2c(c1)OCCO2. The van der Waals surface area contributed by atoms with E-state index in [1.54, 1.807) is 0 Å². The van der Waals surface area contributed by atoms with Crippen LogP contribution in [-0.2, 0) is 23.2 Å². The van der Waals surface area contributed by atoms with E-state index in [0.717, 1.165) is 9.87 Å². The fraction of sp³-hybridized carbons (Fsp3) is 0.333. The highest BCUT2D eigenvalue weighted by Gasteiger charge is 2.20. The van der Waals surface area contributed by atoms with Crippen molar-refractivity contribution >= 4 is 21.8 Å². The van der Waals surface area contributed by atoms with E-state index in [0.29, 0.717) is 31.1 Å². The summed E-state index contributed by atoms with van der Waals surface area (Å²) < 4.78 is 53.1. The van der Waals surface area contributed by atoms with Crippen molar-refractivity contribution in [2.24, 2.45) is 0 Å². The first-order valence-electron chi connectivity index (χ1n) is 8.39. The summed E-state index contributed by atoms with van der Waals surface area (Å²) in [6.45, 7) is 1.04. The van der Waals surface area contributed by atoms with Gasteiger partial charge in [-0.3, -0.25) is 0 Å². The molecule has 0 saturated heterocycles. The van der Waals surface area contributed by atoms with Crippen molar-refractivity contribution in [2.75, 3.05) is 26.8 Å². The first-order chi connectivity index (χ1) is 12.9. The Balaban J connectivity index is 1.58. The van der Waals surface area contributed by atoms with Gasteiger partial charge in [0, 0.05) is 30.7 Å². The highest BCUT2D eigenvalue weighted by molar-refractivity contribution is 7.87. The fourth-order valence-corrected chi connectivity index (χ4v) is 3.77. The molecular formula is C18H20ClFN2O4S. The van der Waals surface area contributed by atoms with E-state index in [-0.39, 0.29) is 23.7 Å². The van der Waals surface area contributed by atoms with Gasteiger partial charge in [-0.05, 0) is 36.2 Å². The Kier molecular flexibility index (Phi) is 6.21. The van der Waals surface area contributed by atoms with Crippen LogP contribution in [0, 0.1) is 5.82 Å². The molecule has 0 unspecified atom stereocenters. The molecule has 2 aromatic carbocycles. The van der Waals surface area contributed by atoms with Crippen molar-refractivity contribution in [2.45, 2.75) is 13.0 Å². The number of hydrogen-bond acceptors (Lipinski definition) is 4. The van der Waals surface area contributed by atoms with Crippen LogP contribution < -0.4 is 14.2 Å². The molecule has 0 aliphatic carbocycles. The molecule has 0 spiro atoms. The van der Waals surface area contributed by atoms with Crippen LogP contribution in [-0.4, -0.2) is 39.5 Å². The molecule has 0 amide bonds. The molecule has 1 aliphatic rings. The molecule has 0 aromatic heterocycles. The number of rotatable bonds is 7. The van der Waals surface area contributed by atoms with Gasteiger partial charge in [0.2, 0.25) is 0 Å². The van der Waals surface area contributed by atoms with Crippen molar-refractivity contribution in [3.05, 3.63) is 58.4 Å². The van der Waals surface area contributed by atoms with Crippen molar-refractivity contribution in [1.82, 2.24) is 9.03 Å². The highest BCUT2D eigenvalue weighted by Crippen LogP contribution is 2.30. The second-order valence-electron chi connectivity index (χ2n) is 6.08. The average Bonchev–Trinajstić information content (AvgIpc) is 2.64. The van der Waals surface area contributed by atoms with Gasteiger partial charge in [-0.25, -0.2) is 9.11 Å². The Labute approximate surface area is 163 Å². The fourth-order valence-electron chi connectivity index (χ4n) is 2.67. The van der Waals surface area contributed by atoms with Gasteiger partial charge in [0.25, 0.3) is 10.2 Å². The van der Waals surface area contributed by atoms with E-state index in [1.807, 2.05) is 18.2 Å². The van der Waals surface area contributed by atoms with E-state index in [4.69, 9.17) is 21.1 Å². The van der Waals surface area contributed by atoms with Crippen molar-refractivity contribution < 1.29 is 22.3 Å². The maximum atomic E-state index is 13.9. The van der Waals surface area contributed by atoms with E-state index in [9.17, 15) is 12.8 Å². The Hall–Kier alpha value is -1.87.